The topological polar surface area (TPSA) is 20.2 Å². The molecule has 2 rings (SSSR count). The first-order chi connectivity index (χ1) is 9.43. The van der Waals surface area contributed by atoms with Crippen LogP contribution in [0.15, 0.2) is 24.3 Å². The highest BCUT2D eigenvalue weighted by Gasteiger charge is 2.34. The molecule has 1 aliphatic heterocycles. The molecule has 1 aliphatic rings. The molecule has 0 aromatic heterocycles. The van der Waals surface area contributed by atoms with Gasteiger partial charge in [-0.25, -0.2) is 0 Å². The molecule has 112 valence electrons. The summed E-state index contributed by atoms with van der Waals surface area (Å²) in [5.41, 5.74) is -0.339. The third-order valence-electron chi connectivity index (χ3n) is 3.36. The summed E-state index contributed by atoms with van der Waals surface area (Å²) in [7, 11) is 0. The molecule has 1 saturated heterocycles. The van der Waals surface area contributed by atoms with E-state index in [1.165, 1.54) is 6.07 Å². The van der Waals surface area contributed by atoms with Crippen LogP contribution < -0.4 is 0 Å². The van der Waals surface area contributed by atoms with Crippen molar-refractivity contribution in [3.63, 3.8) is 0 Å². The monoisotopic (exact) mass is 322 g/mol. The van der Waals surface area contributed by atoms with Gasteiger partial charge in [0, 0.05) is 22.0 Å². The molecule has 0 saturated carbocycles. The van der Waals surface area contributed by atoms with E-state index in [1.807, 2.05) is 0 Å². The molecule has 1 aromatic carbocycles. The zero-order chi connectivity index (χ0) is 14.8. The Kier molecular flexibility index (Phi) is 5.31. The van der Waals surface area contributed by atoms with Crippen molar-refractivity contribution in [1.82, 2.24) is 0 Å². The maximum atomic E-state index is 12.7. The highest BCUT2D eigenvalue weighted by atomic mass is 32.2. The second-order valence-electron chi connectivity index (χ2n) is 4.72. The number of benzene rings is 1. The summed E-state index contributed by atoms with van der Waals surface area (Å²) in [4.78, 5) is 0. The van der Waals surface area contributed by atoms with Gasteiger partial charge in [0.15, 0.2) is 0 Å². The lowest BCUT2D eigenvalue weighted by atomic mass is 10.0. The number of thioether (sulfide) groups is 2. The minimum absolute atomic E-state index is 0.0396. The summed E-state index contributed by atoms with van der Waals surface area (Å²) < 4.78 is 38.2. The quantitative estimate of drug-likeness (QED) is 0.892. The van der Waals surface area contributed by atoms with Crippen molar-refractivity contribution in [2.45, 2.75) is 36.1 Å². The zero-order valence-corrected chi connectivity index (χ0v) is 12.7. The molecular weight excluding hydrogens is 305 g/mol. The van der Waals surface area contributed by atoms with Crippen molar-refractivity contribution < 1.29 is 18.3 Å². The Morgan fingerprint density at radius 3 is 2.65 bits per heavy atom. The fraction of sp³-hybridized carbons (Fsp3) is 0.571. The van der Waals surface area contributed by atoms with Gasteiger partial charge in [0.2, 0.25) is 0 Å². The van der Waals surface area contributed by atoms with Crippen molar-refractivity contribution in [2.24, 2.45) is 0 Å². The second-order valence-corrected chi connectivity index (χ2v) is 7.35. The van der Waals surface area contributed by atoms with E-state index in [1.54, 1.807) is 29.6 Å². The van der Waals surface area contributed by atoms with Gasteiger partial charge in [-0.3, -0.25) is 0 Å². The van der Waals surface area contributed by atoms with Gasteiger partial charge in [-0.1, -0.05) is 19.1 Å². The Morgan fingerprint density at radius 2 is 2.00 bits per heavy atom. The molecular formula is C14H17F3OS2. The van der Waals surface area contributed by atoms with Crippen LogP contribution >= 0.6 is 23.5 Å². The summed E-state index contributed by atoms with van der Waals surface area (Å²) in [5.74, 6) is 1.97. The molecule has 0 aliphatic carbocycles. The summed E-state index contributed by atoms with van der Waals surface area (Å²) in [6.45, 7) is 2.05. The van der Waals surface area contributed by atoms with E-state index in [-0.39, 0.29) is 5.25 Å². The Bertz CT molecular complexity index is 450. The second kappa shape index (κ2) is 6.62. The molecule has 0 bridgehead atoms. The van der Waals surface area contributed by atoms with Crippen LogP contribution in [-0.4, -0.2) is 27.1 Å². The van der Waals surface area contributed by atoms with Crippen LogP contribution in [0.5, 0.6) is 0 Å². The number of rotatable bonds is 3. The lowest BCUT2D eigenvalue weighted by Crippen LogP contribution is -2.31. The zero-order valence-electron chi connectivity index (χ0n) is 11.1. The van der Waals surface area contributed by atoms with Crippen molar-refractivity contribution in [3.8, 4) is 0 Å². The molecule has 0 amide bonds. The van der Waals surface area contributed by atoms with Crippen molar-refractivity contribution >= 4 is 23.5 Å². The van der Waals surface area contributed by atoms with Crippen LogP contribution in [0, 0.1) is 0 Å². The van der Waals surface area contributed by atoms with E-state index < -0.39 is 17.8 Å². The molecule has 6 heteroatoms. The minimum Gasteiger partial charge on any atom is -0.387 e. The fourth-order valence-electron chi connectivity index (χ4n) is 2.32. The van der Waals surface area contributed by atoms with Gasteiger partial charge in [0.1, 0.15) is 0 Å². The third kappa shape index (κ3) is 3.65. The molecule has 1 nitrogen and oxygen atoms in total. The summed E-state index contributed by atoms with van der Waals surface area (Å²) >= 11 is 3.46. The third-order valence-corrected chi connectivity index (χ3v) is 6.70. The van der Waals surface area contributed by atoms with Crippen LogP contribution in [0.25, 0.3) is 0 Å². The summed E-state index contributed by atoms with van der Waals surface area (Å²) in [6.07, 6.45) is -4.30. The SMILES string of the molecule is CCC1SCCSC1C(O)c1cccc(C(F)(F)F)c1. The van der Waals surface area contributed by atoms with E-state index in [0.717, 1.165) is 30.1 Å². The number of halogens is 3. The molecule has 0 spiro atoms. The Labute approximate surface area is 125 Å². The van der Waals surface area contributed by atoms with Gasteiger partial charge in [0.05, 0.1) is 11.7 Å². The molecule has 1 aromatic rings. The van der Waals surface area contributed by atoms with Crippen molar-refractivity contribution in [3.05, 3.63) is 35.4 Å². The first-order valence-electron chi connectivity index (χ1n) is 6.52. The van der Waals surface area contributed by atoms with Gasteiger partial charge in [0.25, 0.3) is 0 Å². The van der Waals surface area contributed by atoms with Gasteiger partial charge in [-0.2, -0.15) is 36.7 Å². The summed E-state index contributed by atoms with van der Waals surface area (Å²) in [6, 6.07) is 5.04. The molecule has 3 unspecified atom stereocenters. The smallest absolute Gasteiger partial charge is 0.387 e. The lowest BCUT2D eigenvalue weighted by molar-refractivity contribution is -0.137. The number of hydrogen-bond acceptors (Lipinski definition) is 3. The largest absolute Gasteiger partial charge is 0.416 e. The van der Waals surface area contributed by atoms with E-state index in [0.29, 0.717) is 10.8 Å². The highest BCUT2D eigenvalue weighted by molar-refractivity contribution is 8.07. The van der Waals surface area contributed by atoms with Gasteiger partial charge < -0.3 is 5.11 Å². The van der Waals surface area contributed by atoms with Crippen LogP contribution in [-0.2, 0) is 6.18 Å². The standard InChI is InChI=1S/C14H17F3OS2/c1-2-11-13(20-7-6-19-11)12(18)9-4-3-5-10(8-9)14(15,16)17/h3-5,8,11-13,18H,2,6-7H2,1H3. The highest BCUT2D eigenvalue weighted by Crippen LogP contribution is 2.41. The van der Waals surface area contributed by atoms with E-state index in [4.69, 9.17) is 0 Å². The number of alkyl halides is 3. The maximum absolute atomic E-state index is 12.7. The maximum Gasteiger partial charge on any atom is 0.416 e. The predicted octanol–water partition coefficient (Wildman–Crippen LogP) is 4.37. The van der Waals surface area contributed by atoms with E-state index in [9.17, 15) is 18.3 Å². The fourth-order valence-corrected chi connectivity index (χ4v) is 5.46. The predicted molar refractivity (Wildman–Crippen MR) is 79.2 cm³/mol. The number of aliphatic hydroxyl groups is 1. The van der Waals surface area contributed by atoms with E-state index in [2.05, 4.69) is 6.92 Å². The van der Waals surface area contributed by atoms with Crippen LogP contribution in [0.2, 0.25) is 0 Å². The molecule has 3 atom stereocenters. The van der Waals surface area contributed by atoms with E-state index >= 15 is 0 Å². The lowest BCUT2D eigenvalue weighted by Gasteiger charge is -2.33. The Balaban J connectivity index is 2.21. The van der Waals surface area contributed by atoms with Crippen LogP contribution in [0.3, 0.4) is 0 Å². The molecule has 1 heterocycles. The molecule has 1 fully saturated rings. The van der Waals surface area contributed by atoms with Crippen molar-refractivity contribution in [1.29, 1.82) is 0 Å². The van der Waals surface area contributed by atoms with Gasteiger partial charge in [-0.15, -0.1) is 0 Å². The molecule has 1 N–H and O–H groups in total. The first-order valence-corrected chi connectivity index (χ1v) is 8.61. The van der Waals surface area contributed by atoms with Gasteiger partial charge >= 0.3 is 6.18 Å². The number of aliphatic hydroxyl groups excluding tert-OH is 1. The summed E-state index contributed by atoms with van der Waals surface area (Å²) in [5, 5.41) is 10.7. The molecule has 20 heavy (non-hydrogen) atoms. The molecule has 0 radical (unpaired) electrons. The first kappa shape index (κ1) is 16.0. The van der Waals surface area contributed by atoms with Crippen LogP contribution in [0.1, 0.15) is 30.6 Å². The normalized spacial score (nSPS) is 25.4. The Hall–Kier alpha value is -0.330. The van der Waals surface area contributed by atoms with Crippen molar-refractivity contribution in [2.75, 3.05) is 11.5 Å². The number of hydrogen-bond donors (Lipinski definition) is 1. The van der Waals surface area contributed by atoms with Gasteiger partial charge in [-0.05, 0) is 24.1 Å². The minimum atomic E-state index is -4.37. The average molecular weight is 322 g/mol. The van der Waals surface area contributed by atoms with Crippen LogP contribution in [0.4, 0.5) is 13.2 Å². The average Bonchev–Trinajstić information content (AvgIpc) is 2.45. The Morgan fingerprint density at radius 1 is 1.30 bits per heavy atom.